The quantitative estimate of drug-likeness (QED) is 0.315. The Kier molecular flexibility index (Phi) is 5.15. The molecular formula is C14H28N2O6. The van der Waals surface area contributed by atoms with Gasteiger partial charge in [0.25, 0.3) is 0 Å². The molecule has 8 nitrogen and oxygen atoms in total. The third-order valence-corrected chi connectivity index (χ3v) is 4.68. The molecule has 0 saturated carbocycles. The molecule has 0 amide bonds. The van der Waals surface area contributed by atoms with E-state index in [2.05, 4.69) is 10.6 Å². The molecule has 2 unspecified atom stereocenters. The molecule has 2 aliphatic rings. The fourth-order valence-electron chi connectivity index (χ4n) is 3.05. The number of nitrogens with one attached hydrogen (secondary N) is 2. The highest BCUT2D eigenvalue weighted by Crippen LogP contribution is 2.33. The van der Waals surface area contributed by atoms with Crippen molar-refractivity contribution < 1.29 is 29.9 Å². The molecule has 6 N–H and O–H groups in total. The van der Waals surface area contributed by atoms with E-state index in [1.54, 1.807) is 0 Å². The van der Waals surface area contributed by atoms with E-state index >= 15 is 0 Å². The van der Waals surface area contributed by atoms with Crippen LogP contribution in [0.4, 0.5) is 0 Å². The van der Waals surface area contributed by atoms with Gasteiger partial charge in [-0.1, -0.05) is 0 Å². The third kappa shape index (κ3) is 3.44. The summed E-state index contributed by atoms with van der Waals surface area (Å²) in [5.74, 6) is 0. The van der Waals surface area contributed by atoms with Crippen LogP contribution in [0.2, 0.25) is 0 Å². The van der Waals surface area contributed by atoms with Crippen LogP contribution in [0.5, 0.6) is 0 Å². The summed E-state index contributed by atoms with van der Waals surface area (Å²) in [6.07, 6.45) is 1.15. The summed E-state index contributed by atoms with van der Waals surface area (Å²) >= 11 is 0. The highest BCUT2D eigenvalue weighted by atomic mass is 16.5. The Morgan fingerprint density at radius 2 is 1.05 bits per heavy atom. The minimum absolute atomic E-state index is 0.205. The summed E-state index contributed by atoms with van der Waals surface area (Å²) in [4.78, 5) is 0. The number of hydrogen-bond acceptors (Lipinski definition) is 8. The van der Waals surface area contributed by atoms with E-state index in [1.165, 1.54) is 0 Å². The molecule has 2 fully saturated rings. The van der Waals surface area contributed by atoms with Gasteiger partial charge in [0.1, 0.15) is 11.4 Å². The second-order valence-corrected chi connectivity index (χ2v) is 6.98. The molecule has 2 rings (SSSR count). The predicted octanol–water partition coefficient (Wildman–Crippen LogP) is -2.11. The Balaban J connectivity index is 1.93. The predicted molar refractivity (Wildman–Crippen MR) is 78.0 cm³/mol. The normalized spacial score (nSPS) is 36.8. The van der Waals surface area contributed by atoms with Crippen LogP contribution in [-0.4, -0.2) is 82.6 Å². The maximum Gasteiger partial charge on any atom is 0.117 e. The van der Waals surface area contributed by atoms with Gasteiger partial charge in [0.15, 0.2) is 0 Å². The van der Waals surface area contributed by atoms with Crippen molar-refractivity contribution in [2.75, 3.05) is 39.6 Å². The molecular weight excluding hydrogens is 292 g/mol. The van der Waals surface area contributed by atoms with Gasteiger partial charge in [0.05, 0.1) is 50.7 Å². The average molecular weight is 320 g/mol. The van der Waals surface area contributed by atoms with E-state index in [4.69, 9.17) is 9.47 Å². The Morgan fingerprint density at radius 3 is 1.27 bits per heavy atom. The fourth-order valence-corrected chi connectivity index (χ4v) is 3.05. The lowest BCUT2D eigenvalue weighted by molar-refractivity contribution is -0.0462. The van der Waals surface area contributed by atoms with E-state index in [0.717, 1.165) is 0 Å². The van der Waals surface area contributed by atoms with Crippen LogP contribution in [-0.2, 0) is 9.47 Å². The third-order valence-electron chi connectivity index (χ3n) is 4.68. The van der Waals surface area contributed by atoms with E-state index in [0.29, 0.717) is 12.8 Å². The van der Waals surface area contributed by atoms with Crippen molar-refractivity contribution in [1.29, 1.82) is 0 Å². The Hall–Kier alpha value is -0.320. The molecule has 0 aromatic carbocycles. The van der Waals surface area contributed by atoms with Crippen LogP contribution in [0.3, 0.4) is 0 Å². The van der Waals surface area contributed by atoms with Crippen molar-refractivity contribution in [3.05, 3.63) is 0 Å². The molecule has 8 heteroatoms. The van der Waals surface area contributed by atoms with Gasteiger partial charge in [-0.25, -0.2) is 0 Å². The number of ether oxygens (including phenoxy) is 2. The summed E-state index contributed by atoms with van der Waals surface area (Å²) in [6, 6.07) is 0. The smallest absolute Gasteiger partial charge is 0.117 e. The van der Waals surface area contributed by atoms with E-state index in [-0.39, 0.29) is 39.6 Å². The molecule has 0 spiro atoms. The molecule has 2 atom stereocenters. The first kappa shape index (κ1) is 18.0. The first-order valence-electron chi connectivity index (χ1n) is 7.58. The van der Waals surface area contributed by atoms with Crippen LogP contribution >= 0.6 is 0 Å². The fraction of sp³-hybridized carbons (Fsp3) is 1.00. The lowest BCUT2D eigenvalue weighted by Gasteiger charge is -2.33. The van der Waals surface area contributed by atoms with Crippen LogP contribution in [0, 0.1) is 0 Å². The second-order valence-electron chi connectivity index (χ2n) is 6.98. The first-order chi connectivity index (χ1) is 10.3. The van der Waals surface area contributed by atoms with Crippen molar-refractivity contribution >= 4 is 0 Å². The lowest BCUT2D eigenvalue weighted by atomic mass is 9.98. The molecule has 2 aliphatic heterocycles. The number of hydrogen-bond donors (Lipinski definition) is 6. The number of aliphatic hydroxyl groups is 4. The zero-order chi connectivity index (χ0) is 16.5. The molecule has 2 heterocycles. The highest BCUT2D eigenvalue weighted by molar-refractivity contribution is 5.01. The summed E-state index contributed by atoms with van der Waals surface area (Å²) in [6.45, 7) is 3.38. The van der Waals surface area contributed by atoms with Crippen molar-refractivity contribution in [3.8, 4) is 0 Å². The van der Waals surface area contributed by atoms with Crippen LogP contribution in [0.1, 0.15) is 26.7 Å². The zero-order valence-corrected chi connectivity index (χ0v) is 13.3. The number of aliphatic hydroxyl groups excluding tert-OH is 4. The Morgan fingerprint density at radius 1 is 0.727 bits per heavy atom. The Bertz CT molecular complexity index is 352. The van der Waals surface area contributed by atoms with Crippen LogP contribution < -0.4 is 10.6 Å². The van der Waals surface area contributed by atoms with Crippen molar-refractivity contribution in [1.82, 2.24) is 10.6 Å². The van der Waals surface area contributed by atoms with Crippen LogP contribution in [0.25, 0.3) is 0 Å². The lowest BCUT2D eigenvalue weighted by Crippen LogP contribution is -2.57. The molecule has 130 valence electrons. The number of rotatable bonds is 7. The summed E-state index contributed by atoms with van der Waals surface area (Å²) < 4.78 is 11.5. The summed E-state index contributed by atoms with van der Waals surface area (Å²) in [5.41, 5.74) is -2.99. The standard InChI is InChI=1S/C14H28N2O6/c1-11(15-13(5-17,6-18)9-21-11)3-4-12(2)16-14(7-19,8-20)10-22-12/h15-20H,3-10H2,1-2H3. The molecule has 0 bridgehead atoms. The monoisotopic (exact) mass is 320 g/mol. The maximum atomic E-state index is 9.42. The van der Waals surface area contributed by atoms with E-state index in [9.17, 15) is 20.4 Å². The van der Waals surface area contributed by atoms with Gasteiger partial charge in [-0.2, -0.15) is 0 Å². The van der Waals surface area contributed by atoms with Gasteiger partial charge in [-0.15, -0.1) is 0 Å². The maximum absolute atomic E-state index is 9.42. The van der Waals surface area contributed by atoms with Crippen molar-refractivity contribution in [2.24, 2.45) is 0 Å². The SMILES string of the molecule is CC1(CCC2(C)NC(CO)(CO)CO2)NC(CO)(CO)CO1. The van der Waals surface area contributed by atoms with E-state index < -0.39 is 22.5 Å². The average Bonchev–Trinajstić information content (AvgIpc) is 3.06. The first-order valence-corrected chi connectivity index (χ1v) is 7.58. The van der Waals surface area contributed by atoms with Crippen LogP contribution in [0.15, 0.2) is 0 Å². The van der Waals surface area contributed by atoms with Gasteiger partial charge in [-0.3, -0.25) is 10.6 Å². The van der Waals surface area contributed by atoms with Gasteiger partial charge >= 0.3 is 0 Å². The minimum atomic E-state index is -0.820. The zero-order valence-electron chi connectivity index (χ0n) is 13.3. The van der Waals surface area contributed by atoms with Crippen molar-refractivity contribution in [2.45, 2.75) is 49.2 Å². The van der Waals surface area contributed by atoms with Crippen molar-refractivity contribution in [3.63, 3.8) is 0 Å². The van der Waals surface area contributed by atoms with Gasteiger partial charge in [0, 0.05) is 0 Å². The highest BCUT2D eigenvalue weighted by Gasteiger charge is 2.49. The molecule has 0 aliphatic carbocycles. The summed E-state index contributed by atoms with van der Waals surface area (Å²) in [7, 11) is 0. The topological polar surface area (TPSA) is 123 Å². The largest absolute Gasteiger partial charge is 0.394 e. The van der Waals surface area contributed by atoms with Gasteiger partial charge in [0.2, 0.25) is 0 Å². The molecule has 0 radical (unpaired) electrons. The Labute approximate surface area is 130 Å². The molecule has 0 aromatic heterocycles. The van der Waals surface area contributed by atoms with E-state index in [1.807, 2.05) is 13.8 Å². The molecule has 22 heavy (non-hydrogen) atoms. The van der Waals surface area contributed by atoms with Gasteiger partial charge < -0.3 is 29.9 Å². The molecule has 2 saturated heterocycles. The minimum Gasteiger partial charge on any atom is -0.394 e. The summed E-state index contributed by atoms with van der Waals surface area (Å²) in [5, 5.41) is 44.0. The second kappa shape index (κ2) is 6.29. The van der Waals surface area contributed by atoms with Gasteiger partial charge in [-0.05, 0) is 26.7 Å². The molecule has 0 aromatic rings.